The Morgan fingerprint density at radius 3 is 1.84 bits per heavy atom. The molecule has 14 amide bonds. The van der Waals surface area contributed by atoms with Crippen molar-refractivity contribution in [2.45, 2.75) is 256 Å². The number of rotatable bonds is 45. The highest BCUT2D eigenvalue weighted by Gasteiger charge is 2.42. The molecule has 4 rings (SSSR count). The number of hydrogen-bond acceptors (Lipinski definition) is 26. The number of carbonyl (C=O) groups excluding carboxylic acids is 19. The van der Waals surface area contributed by atoms with Crippen molar-refractivity contribution in [3.63, 3.8) is 0 Å². The molecule has 1 aliphatic heterocycles. The van der Waals surface area contributed by atoms with E-state index in [9.17, 15) is 102 Å². The van der Waals surface area contributed by atoms with Gasteiger partial charge in [-0.1, -0.05) is 108 Å². The minimum absolute atomic E-state index is 0.0137. The number of nitrogens with two attached hydrogens (primary N) is 2. The smallest absolute Gasteiger partial charge is 0.329 e. The number of primary amides is 1. The summed E-state index contributed by atoms with van der Waals surface area (Å²) < 4.78 is 5.83. The second kappa shape index (κ2) is 57.9. The molecule has 42 heteroatoms. The van der Waals surface area contributed by atoms with Crippen LogP contribution in [0.15, 0.2) is 54.6 Å². The van der Waals surface area contributed by atoms with Crippen molar-refractivity contribution in [1.29, 1.82) is 0 Å². The molecule has 1 saturated heterocycles. The first-order valence-electron chi connectivity index (χ1n) is 44.3. The second-order valence-electron chi connectivity index (χ2n) is 33.5. The number of likely N-dealkylation sites (N-methyl/N-ethyl adjacent to an activating group) is 2. The van der Waals surface area contributed by atoms with Crippen molar-refractivity contribution in [3.05, 3.63) is 71.3 Å². The lowest BCUT2D eigenvalue weighted by Gasteiger charge is -2.29. The topological polar surface area (TPSA) is 631 Å². The number of cyclic esters (lactones) is 1. The zero-order valence-electron chi connectivity index (χ0n) is 76.0. The molecule has 41 nitrogen and oxygen atoms in total. The number of para-hydroxylation sites is 1. The predicted molar refractivity (Wildman–Crippen MR) is 480 cm³/mol. The van der Waals surface area contributed by atoms with Crippen LogP contribution < -0.4 is 75.3 Å². The molecule has 0 spiro atoms. The highest BCUT2D eigenvalue weighted by molar-refractivity contribution is 7.80. The van der Waals surface area contributed by atoms with Crippen molar-refractivity contribution >= 4 is 148 Å². The fourth-order valence-electron chi connectivity index (χ4n) is 14.5. The summed E-state index contributed by atoms with van der Waals surface area (Å²) in [4.78, 5) is 297. The Kier molecular flexibility index (Phi) is 49.1. The molecular formula is C89H132N16O25S. The Balaban J connectivity index is 1.89. The third-order valence-electron chi connectivity index (χ3n) is 22.3. The third kappa shape index (κ3) is 40.0. The fourth-order valence-corrected chi connectivity index (χ4v) is 14.7. The number of esters is 1. The van der Waals surface area contributed by atoms with Crippen LogP contribution in [0.2, 0.25) is 0 Å². The number of aliphatic hydroxyl groups excluding tert-OH is 1. The van der Waals surface area contributed by atoms with Crippen LogP contribution in [0.4, 0.5) is 5.69 Å². The van der Waals surface area contributed by atoms with Gasteiger partial charge in [-0.25, -0.2) is 4.79 Å². The molecular weight excluding hydrogens is 1730 g/mol. The van der Waals surface area contributed by atoms with E-state index in [4.69, 9.17) is 16.2 Å². The van der Waals surface area contributed by atoms with Crippen LogP contribution >= 0.6 is 12.6 Å². The van der Waals surface area contributed by atoms with E-state index in [2.05, 4.69) is 83.4 Å². The molecule has 724 valence electrons. The molecule has 1 fully saturated rings. The van der Waals surface area contributed by atoms with E-state index in [0.717, 1.165) is 56.6 Å². The monoisotopic (exact) mass is 1860 g/mol. The molecule has 2 aliphatic rings. The van der Waals surface area contributed by atoms with E-state index in [-0.39, 0.29) is 56.4 Å². The number of Topliss-reactive ketones (excluding diaryl/α,β-unsaturated/α-hetero) is 4. The highest BCUT2D eigenvalue weighted by Crippen LogP contribution is 2.31. The van der Waals surface area contributed by atoms with Crippen LogP contribution in [0.25, 0.3) is 5.57 Å². The van der Waals surface area contributed by atoms with Gasteiger partial charge in [-0.15, -0.1) is 0 Å². The second-order valence-corrected chi connectivity index (χ2v) is 33.9. The van der Waals surface area contributed by atoms with Gasteiger partial charge in [0.15, 0.2) is 23.1 Å². The number of allylic oxidation sites excluding steroid dienone is 1. The molecule has 1 heterocycles. The summed E-state index contributed by atoms with van der Waals surface area (Å²) in [5.41, 5.74) is 13.8. The van der Waals surface area contributed by atoms with Crippen molar-refractivity contribution < 1.29 is 121 Å². The number of carboxylic acid groups (broad SMARTS) is 2. The van der Waals surface area contributed by atoms with Crippen LogP contribution in [0.5, 0.6) is 0 Å². The number of thiol groups is 1. The Bertz CT molecular complexity index is 4390. The molecule has 0 bridgehead atoms. The number of hydrogen-bond donors (Lipinski definition) is 18. The maximum atomic E-state index is 15.1. The number of nitrogens with one attached hydrogen (secondary N) is 12. The zero-order valence-corrected chi connectivity index (χ0v) is 76.9. The molecule has 19 N–H and O–H groups in total. The van der Waals surface area contributed by atoms with Crippen molar-refractivity contribution in [1.82, 2.24) is 73.6 Å². The summed E-state index contributed by atoms with van der Waals surface area (Å²) in [5, 5.41) is 59.9. The van der Waals surface area contributed by atoms with Crippen molar-refractivity contribution in [2.75, 3.05) is 72.0 Å². The lowest BCUT2D eigenvalue weighted by molar-refractivity contribution is -0.156. The first-order chi connectivity index (χ1) is 62.0. The summed E-state index contributed by atoms with van der Waals surface area (Å²) in [7, 11) is 4.93. The van der Waals surface area contributed by atoms with E-state index < -0.39 is 279 Å². The Morgan fingerprint density at radius 2 is 1.20 bits per heavy atom. The summed E-state index contributed by atoms with van der Waals surface area (Å²) in [6.45, 7) is 4.99. The quantitative estimate of drug-likeness (QED) is 0.0132. The number of ether oxygens (including phenoxy) is 1. The minimum atomic E-state index is -2.38. The molecule has 0 saturated carbocycles. The Morgan fingerprint density at radius 1 is 0.595 bits per heavy atom. The molecule has 14 atom stereocenters. The number of ketones is 4. The molecule has 1 unspecified atom stereocenters. The number of aliphatic hydroxyl groups is 1. The van der Waals surface area contributed by atoms with Gasteiger partial charge in [0.05, 0.1) is 57.0 Å². The summed E-state index contributed by atoms with van der Waals surface area (Å²) in [6, 6.07) is -2.99. The first kappa shape index (κ1) is 111. The van der Waals surface area contributed by atoms with Crippen molar-refractivity contribution in [3.8, 4) is 0 Å². The number of carboxylic acids is 2. The van der Waals surface area contributed by atoms with Gasteiger partial charge in [0.25, 0.3) is 0 Å². The van der Waals surface area contributed by atoms with Crippen LogP contribution in [0.3, 0.4) is 0 Å². The fraction of sp³-hybridized carbons (Fsp3) is 0.607. The molecule has 2 aromatic carbocycles. The van der Waals surface area contributed by atoms with E-state index in [0.29, 0.717) is 50.0 Å². The van der Waals surface area contributed by atoms with Crippen LogP contribution in [0.1, 0.15) is 211 Å². The van der Waals surface area contributed by atoms with Crippen molar-refractivity contribution in [2.24, 2.45) is 29.4 Å². The average molecular weight is 1860 g/mol. The number of aliphatic carboxylic acids is 2. The lowest BCUT2D eigenvalue weighted by Crippen LogP contribution is -2.57. The maximum absolute atomic E-state index is 15.1. The van der Waals surface area contributed by atoms with Gasteiger partial charge in [0.1, 0.15) is 48.4 Å². The van der Waals surface area contributed by atoms with Gasteiger partial charge in [-0.3, -0.25) is 95.9 Å². The standard InChI is InChI=1S/C89H132N16O25S/c1-10-11-12-13-14-15-17-30-73(112)99-64(40-56-33-32-55-25-19-20-26-58(55)56)86(126)101-63(45-72(91)111)70(109)41-57(42-79(119)120)84(124)103-80-54(6)130-89(129)65(44-68(107)59-27-21-22-28-61(59)90)102-85(125)60(50(2)39-78(117)118)43-71(110)66(49-106)100-76(115)47-94-82(122)52(4)97-83(123)53(5)96-81(121)51(3)38-69(108)62(98-75(114)48-95-88(80)128)29-24-34-92-74(113)46-67(87(127)93-35-36-104(7)8)105(9)77(116)31-18-16-23-37-131/h19-22,25-28,33,50-54,57,60,62-67,80,106,131H,10-18,23-24,29-32,34-49,90H2,1-9H3,(H2,91,111)(H,92,113)(H,93,127)(H,94,122)(H,95,128)(H,96,121)(H,97,123)(H,98,114)(H,99,112)(H,100,115)(H,101,126)(H,102,125)(H,103,124)(H,117,118)(H,119,120)/t50?,51-,52+,53-,54-,57+,60+,62+,63-,64+,65+,66-,67+,80+/m1/s1. The van der Waals surface area contributed by atoms with Crippen LogP contribution in [-0.2, 0) is 107 Å². The number of carbonyl (C=O) groups is 21. The Hall–Kier alpha value is -12.1. The predicted octanol–water partition coefficient (Wildman–Crippen LogP) is -0.411. The van der Waals surface area contributed by atoms with Gasteiger partial charge < -0.3 is 105 Å². The van der Waals surface area contributed by atoms with E-state index in [1.165, 1.54) is 63.9 Å². The number of unbranched alkanes of at least 4 members (excludes halogenated alkanes) is 8. The summed E-state index contributed by atoms with van der Waals surface area (Å²) >= 11 is 4.22. The van der Waals surface area contributed by atoms with E-state index in [1.807, 2.05) is 24.3 Å². The van der Waals surface area contributed by atoms with Gasteiger partial charge in [-0.05, 0) is 114 Å². The van der Waals surface area contributed by atoms with Gasteiger partial charge >= 0.3 is 17.9 Å². The summed E-state index contributed by atoms with van der Waals surface area (Å²) in [6.07, 6.45) is 0.000480. The largest absolute Gasteiger partial charge is 0.481 e. The average Bonchev–Trinajstić information content (AvgIpc) is 1.69. The molecule has 1 aliphatic carbocycles. The number of amides is 14. The normalized spacial score (nSPS) is 20.7. The van der Waals surface area contributed by atoms with Gasteiger partial charge in [0.2, 0.25) is 82.7 Å². The van der Waals surface area contributed by atoms with Gasteiger partial charge in [-0.2, -0.15) is 12.6 Å². The number of anilines is 1. The number of nitrogens with zero attached hydrogens (tertiary/aromatic N) is 2. The maximum Gasteiger partial charge on any atom is 0.329 e. The number of fused-ring (bicyclic) bond motifs is 1. The van der Waals surface area contributed by atoms with Crippen LogP contribution in [0, 0.1) is 23.7 Å². The summed E-state index contributed by atoms with van der Waals surface area (Å²) in [5.74, 6) is -29.1. The highest BCUT2D eigenvalue weighted by atomic mass is 32.1. The SMILES string of the molecule is CCCCCCCCCC(=O)N[C@@H](CC1=CCc2ccccc21)C(=O)N[C@H](CC(N)=O)C(=O)C[C@@H](CC(=O)O)C(=O)N[C@@H]1C(=O)NCC(=O)N[C@@H](CCCNC(=O)C[C@@H](C(=O)NCCN(C)C)N(C)C(=O)CCCCCS)C(=O)C[C@@H](C)C(=O)N[C@H](C)C(=O)N[C@@H](C)C(=O)NCC(=O)N[C@H](CO)C(=O)C[C@@H](C(C)CC(=O)O)C(=O)N[C@@H](CC(=O)c2ccccc2N)C(=O)O[C@@H]1C. The molecule has 131 heavy (non-hydrogen) atoms. The molecule has 0 aromatic heterocycles. The van der Waals surface area contributed by atoms with Crippen LogP contribution in [-0.4, -0.2) is 276 Å². The minimum Gasteiger partial charge on any atom is -0.481 e. The number of nitrogen functional groups attached to an aromatic ring is 1. The first-order valence-corrected chi connectivity index (χ1v) is 44.9. The number of benzene rings is 2. The third-order valence-corrected chi connectivity index (χ3v) is 22.6. The van der Waals surface area contributed by atoms with E-state index >= 15 is 14.4 Å². The zero-order chi connectivity index (χ0) is 97.7. The lowest BCUT2D eigenvalue weighted by atomic mass is 9.84. The Labute approximate surface area is 767 Å². The molecule has 2 aromatic rings. The molecule has 0 radical (unpaired) electrons. The van der Waals surface area contributed by atoms with E-state index in [1.54, 1.807) is 25.1 Å². The van der Waals surface area contributed by atoms with Gasteiger partial charge in [0, 0.05) is 101 Å².